The molecule has 1 aromatic heterocycles. The van der Waals surface area contributed by atoms with Crippen LogP contribution in [-0.4, -0.2) is 4.98 Å². The van der Waals surface area contributed by atoms with Gasteiger partial charge in [-0.2, -0.15) is 0 Å². The number of benzene rings is 7. The van der Waals surface area contributed by atoms with E-state index in [1.807, 2.05) is 36.4 Å². The maximum absolute atomic E-state index is 6.60. The van der Waals surface area contributed by atoms with Crippen molar-refractivity contribution in [3.8, 4) is 22.6 Å². The summed E-state index contributed by atoms with van der Waals surface area (Å²) in [5.41, 5.74) is 7.98. The average molecular weight is 539 g/mol. The molecule has 7 aromatic carbocycles. The Kier molecular flexibility index (Phi) is 5.79. The Morgan fingerprint density at radius 2 is 1.07 bits per heavy atom. The molecule has 198 valence electrons. The first kappa shape index (κ1) is 24.2. The van der Waals surface area contributed by atoms with Crippen LogP contribution in [0.5, 0.6) is 0 Å². The molecule has 0 aliphatic carbocycles. The molecule has 0 amide bonds. The van der Waals surface area contributed by atoms with Crippen LogP contribution in [0.3, 0.4) is 0 Å². The first-order chi connectivity index (χ1) is 20.8. The van der Waals surface area contributed by atoms with Crippen LogP contribution in [0, 0.1) is 0 Å². The molecule has 1 heterocycles. The Hall–Kier alpha value is -5.67. The fourth-order valence-electron chi connectivity index (χ4n) is 5.77. The van der Waals surface area contributed by atoms with Crippen LogP contribution in [0.2, 0.25) is 0 Å². The van der Waals surface area contributed by atoms with Gasteiger partial charge in [0, 0.05) is 22.3 Å². The molecule has 42 heavy (non-hydrogen) atoms. The second-order valence-electron chi connectivity index (χ2n) is 10.5. The zero-order valence-electron chi connectivity index (χ0n) is 22.8. The van der Waals surface area contributed by atoms with Gasteiger partial charge in [-0.3, -0.25) is 0 Å². The number of anilines is 3. The molecule has 0 unspecified atom stereocenters. The number of nitrogens with zero attached hydrogens (tertiary/aromatic N) is 2. The van der Waals surface area contributed by atoms with Crippen LogP contribution in [0.15, 0.2) is 162 Å². The molecule has 0 aliphatic rings. The average Bonchev–Trinajstić information content (AvgIpc) is 3.52. The summed E-state index contributed by atoms with van der Waals surface area (Å²) in [6, 6.07) is 55.0. The normalized spacial score (nSPS) is 11.3. The van der Waals surface area contributed by atoms with E-state index < -0.39 is 0 Å². The Morgan fingerprint density at radius 3 is 1.86 bits per heavy atom. The third-order valence-electron chi connectivity index (χ3n) is 7.85. The van der Waals surface area contributed by atoms with Crippen molar-refractivity contribution in [2.45, 2.75) is 0 Å². The van der Waals surface area contributed by atoms with Crippen LogP contribution in [0.25, 0.3) is 55.2 Å². The minimum Gasteiger partial charge on any atom is -0.434 e. The molecular weight excluding hydrogens is 512 g/mol. The van der Waals surface area contributed by atoms with Crippen molar-refractivity contribution >= 4 is 49.7 Å². The molecule has 0 aliphatic heterocycles. The Balaban J connectivity index is 1.31. The molecule has 0 N–H and O–H groups in total. The van der Waals surface area contributed by atoms with E-state index in [0.717, 1.165) is 44.5 Å². The van der Waals surface area contributed by atoms with Crippen LogP contribution >= 0.6 is 0 Å². The van der Waals surface area contributed by atoms with Crippen molar-refractivity contribution in [3.63, 3.8) is 0 Å². The summed E-state index contributed by atoms with van der Waals surface area (Å²) in [6.45, 7) is 0. The van der Waals surface area contributed by atoms with Crippen LogP contribution in [0.4, 0.5) is 17.1 Å². The lowest BCUT2D eigenvalue weighted by molar-refractivity contribution is 0.620. The van der Waals surface area contributed by atoms with E-state index in [2.05, 4.69) is 126 Å². The quantitative estimate of drug-likeness (QED) is 0.218. The van der Waals surface area contributed by atoms with Crippen LogP contribution in [0.1, 0.15) is 0 Å². The van der Waals surface area contributed by atoms with Gasteiger partial charge in [0.15, 0.2) is 5.58 Å². The van der Waals surface area contributed by atoms with Gasteiger partial charge in [-0.05, 0) is 75.8 Å². The number of hydrogen-bond donors (Lipinski definition) is 0. The second-order valence-corrected chi connectivity index (χ2v) is 10.5. The Bertz CT molecular complexity index is 2180. The highest BCUT2D eigenvalue weighted by molar-refractivity contribution is 6.11. The Morgan fingerprint density at radius 1 is 0.452 bits per heavy atom. The third kappa shape index (κ3) is 4.20. The summed E-state index contributed by atoms with van der Waals surface area (Å²) in [7, 11) is 0. The largest absolute Gasteiger partial charge is 0.434 e. The molecule has 8 aromatic rings. The lowest BCUT2D eigenvalue weighted by Crippen LogP contribution is -2.10. The predicted octanol–water partition coefficient (Wildman–Crippen LogP) is 10.9. The fourth-order valence-corrected chi connectivity index (χ4v) is 5.77. The van der Waals surface area contributed by atoms with E-state index in [-0.39, 0.29) is 0 Å². The lowest BCUT2D eigenvalue weighted by atomic mass is 10.0. The zero-order valence-corrected chi connectivity index (χ0v) is 22.8. The van der Waals surface area contributed by atoms with Gasteiger partial charge in [0.2, 0.25) is 5.89 Å². The summed E-state index contributed by atoms with van der Waals surface area (Å²) < 4.78 is 6.60. The van der Waals surface area contributed by atoms with Gasteiger partial charge in [0.25, 0.3) is 0 Å². The van der Waals surface area contributed by atoms with Crippen molar-refractivity contribution in [2.75, 3.05) is 4.90 Å². The topological polar surface area (TPSA) is 29.3 Å². The smallest absolute Gasteiger partial charge is 0.227 e. The van der Waals surface area contributed by atoms with E-state index in [1.165, 1.54) is 21.9 Å². The summed E-state index contributed by atoms with van der Waals surface area (Å²) in [6.07, 6.45) is 0. The van der Waals surface area contributed by atoms with Gasteiger partial charge in [0.05, 0.1) is 5.69 Å². The van der Waals surface area contributed by atoms with Gasteiger partial charge in [-0.25, -0.2) is 4.98 Å². The van der Waals surface area contributed by atoms with Crippen LogP contribution < -0.4 is 4.90 Å². The van der Waals surface area contributed by atoms with Gasteiger partial charge >= 0.3 is 0 Å². The summed E-state index contributed by atoms with van der Waals surface area (Å²) >= 11 is 0. The molecule has 0 atom stereocenters. The van der Waals surface area contributed by atoms with Gasteiger partial charge in [0.1, 0.15) is 5.52 Å². The highest BCUT2D eigenvalue weighted by Gasteiger charge is 2.22. The van der Waals surface area contributed by atoms with Crippen molar-refractivity contribution < 1.29 is 4.42 Å². The fraction of sp³-hybridized carbons (Fsp3) is 0. The molecule has 3 nitrogen and oxygen atoms in total. The number of fused-ring (bicyclic) bond motifs is 4. The summed E-state index contributed by atoms with van der Waals surface area (Å²) in [4.78, 5) is 7.29. The summed E-state index contributed by atoms with van der Waals surface area (Å²) in [5.74, 6) is 0.614. The molecule has 0 radical (unpaired) electrons. The molecular formula is C39H26N2O. The zero-order chi connectivity index (χ0) is 27.9. The standard InChI is InChI=1S/C39H26N2O/c1-3-12-29(13-4-1)39-40-37-35-18-10-9-15-32(35)26-36(38(37)42-39)41(33-16-5-2-6-17-33)34-23-21-28(22-24-34)31-20-19-27-11-7-8-14-30(27)25-31/h1-26H. The first-order valence-electron chi connectivity index (χ1n) is 14.1. The minimum atomic E-state index is 0.614. The number of rotatable bonds is 5. The van der Waals surface area contributed by atoms with E-state index in [4.69, 9.17) is 9.40 Å². The van der Waals surface area contributed by atoms with E-state index >= 15 is 0 Å². The Labute approximate surface area is 243 Å². The highest BCUT2D eigenvalue weighted by atomic mass is 16.3. The molecule has 0 saturated heterocycles. The monoisotopic (exact) mass is 538 g/mol. The van der Waals surface area contributed by atoms with Crippen molar-refractivity contribution in [1.29, 1.82) is 0 Å². The van der Waals surface area contributed by atoms with Crippen LogP contribution in [-0.2, 0) is 0 Å². The lowest BCUT2D eigenvalue weighted by Gasteiger charge is -2.26. The highest BCUT2D eigenvalue weighted by Crippen LogP contribution is 2.43. The molecule has 0 fully saturated rings. The van der Waals surface area contributed by atoms with Crippen molar-refractivity contribution in [2.24, 2.45) is 0 Å². The third-order valence-corrected chi connectivity index (χ3v) is 7.85. The number of aromatic nitrogens is 1. The number of oxazole rings is 1. The second kappa shape index (κ2) is 10.1. The number of hydrogen-bond acceptors (Lipinski definition) is 3. The van der Waals surface area contributed by atoms with Gasteiger partial charge in [-0.1, -0.05) is 109 Å². The van der Waals surface area contributed by atoms with Crippen molar-refractivity contribution in [3.05, 3.63) is 158 Å². The predicted molar refractivity (Wildman–Crippen MR) is 175 cm³/mol. The van der Waals surface area contributed by atoms with Gasteiger partial charge in [-0.15, -0.1) is 0 Å². The van der Waals surface area contributed by atoms with E-state index in [1.54, 1.807) is 0 Å². The molecule has 8 rings (SSSR count). The van der Waals surface area contributed by atoms with E-state index in [9.17, 15) is 0 Å². The van der Waals surface area contributed by atoms with E-state index in [0.29, 0.717) is 5.89 Å². The summed E-state index contributed by atoms with van der Waals surface area (Å²) in [5, 5.41) is 4.67. The molecule has 3 heteroatoms. The molecule has 0 spiro atoms. The minimum absolute atomic E-state index is 0.614. The molecule has 0 bridgehead atoms. The van der Waals surface area contributed by atoms with Crippen molar-refractivity contribution in [1.82, 2.24) is 4.98 Å². The van der Waals surface area contributed by atoms with Gasteiger partial charge < -0.3 is 9.32 Å². The number of para-hydroxylation sites is 1. The maximum Gasteiger partial charge on any atom is 0.227 e. The molecule has 0 saturated carbocycles. The SMILES string of the molecule is c1ccc(-c2nc3c(o2)c(N(c2ccccc2)c2ccc(-c4ccc5ccccc5c4)cc2)cc2ccccc23)cc1. The first-order valence-corrected chi connectivity index (χ1v) is 14.1. The maximum atomic E-state index is 6.60.